The molecule has 1 N–H and O–H groups in total. The molecule has 1 aromatic rings. The number of aromatic nitrogens is 2. The van der Waals surface area contributed by atoms with Crippen molar-refractivity contribution in [2.24, 2.45) is 0 Å². The minimum absolute atomic E-state index is 0.557. The minimum atomic E-state index is 0.557. The van der Waals surface area contributed by atoms with E-state index in [4.69, 9.17) is 4.74 Å². The van der Waals surface area contributed by atoms with Crippen LogP contribution >= 0.6 is 15.9 Å². The lowest BCUT2D eigenvalue weighted by atomic mass is 10.6. The highest BCUT2D eigenvalue weighted by Crippen LogP contribution is 2.08. The summed E-state index contributed by atoms with van der Waals surface area (Å²) in [5.41, 5.74) is 0. The number of hydrogen-bond donors (Lipinski definition) is 1. The van der Waals surface area contributed by atoms with Crippen LogP contribution in [-0.4, -0.2) is 23.6 Å². The second-order valence-corrected chi connectivity index (χ2v) is 3.44. The number of nitrogens with one attached hydrogen (secondary N) is 1. The van der Waals surface area contributed by atoms with Gasteiger partial charge in [-0.1, -0.05) is 22.5 Å². The van der Waals surface area contributed by atoms with Gasteiger partial charge in [-0.3, -0.25) is 0 Å². The van der Waals surface area contributed by atoms with Crippen molar-refractivity contribution < 1.29 is 4.74 Å². The van der Waals surface area contributed by atoms with Crippen LogP contribution in [0.1, 0.15) is 0 Å². The summed E-state index contributed by atoms with van der Waals surface area (Å²) in [7, 11) is 1.58. The molecule has 0 bridgehead atoms. The molecule has 0 aliphatic rings. The van der Waals surface area contributed by atoms with E-state index in [1.54, 1.807) is 19.5 Å². The Labute approximate surface area is 85.2 Å². The molecule has 0 amide bonds. The van der Waals surface area contributed by atoms with Gasteiger partial charge in [-0.15, -0.1) is 0 Å². The van der Waals surface area contributed by atoms with Crippen molar-refractivity contribution in [2.45, 2.75) is 0 Å². The molecule has 0 unspecified atom stereocenters. The third kappa shape index (κ3) is 3.42. The predicted octanol–water partition coefficient (Wildman–Crippen LogP) is 1.81. The molecule has 4 nitrogen and oxygen atoms in total. The Kier molecular flexibility index (Phi) is 3.70. The van der Waals surface area contributed by atoms with E-state index >= 15 is 0 Å². The maximum absolute atomic E-state index is 4.92. The summed E-state index contributed by atoms with van der Waals surface area (Å²) in [6.45, 7) is 4.28. The van der Waals surface area contributed by atoms with Gasteiger partial charge in [-0.05, 0) is 0 Å². The minimum Gasteiger partial charge on any atom is -0.494 e. The van der Waals surface area contributed by atoms with Crippen molar-refractivity contribution in [3.8, 4) is 5.75 Å². The maximum atomic E-state index is 4.92. The average molecular weight is 244 g/mol. The van der Waals surface area contributed by atoms with Crippen LogP contribution in [0, 0.1) is 0 Å². The SMILES string of the molecule is C=C(Br)CNc1ncc(OC)cn1. The number of hydrogen-bond acceptors (Lipinski definition) is 4. The van der Waals surface area contributed by atoms with Crippen LogP contribution in [0.15, 0.2) is 23.5 Å². The summed E-state index contributed by atoms with van der Waals surface area (Å²) in [5.74, 6) is 1.20. The normalized spacial score (nSPS) is 9.38. The molecule has 0 radical (unpaired) electrons. The fraction of sp³-hybridized carbons (Fsp3) is 0.250. The lowest BCUT2D eigenvalue weighted by Crippen LogP contribution is -2.04. The third-order valence-electron chi connectivity index (χ3n) is 1.30. The third-order valence-corrected chi connectivity index (χ3v) is 1.58. The zero-order valence-electron chi connectivity index (χ0n) is 7.25. The van der Waals surface area contributed by atoms with E-state index in [0.29, 0.717) is 18.2 Å². The Bertz CT molecular complexity index is 286. The first-order chi connectivity index (χ1) is 6.22. The Hall–Kier alpha value is -1.10. The van der Waals surface area contributed by atoms with Gasteiger partial charge in [0.1, 0.15) is 0 Å². The van der Waals surface area contributed by atoms with Gasteiger partial charge in [0.15, 0.2) is 5.75 Å². The monoisotopic (exact) mass is 243 g/mol. The van der Waals surface area contributed by atoms with E-state index in [9.17, 15) is 0 Å². The smallest absolute Gasteiger partial charge is 0.223 e. The van der Waals surface area contributed by atoms with Gasteiger partial charge < -0.3 is 10.1 Å². The summed E-state index contributed by atoms with van der Waals surface area (Å²) in [6, 6.07) is 0. The van der Waals surface area contributed by atoms with Crippen LogP contribution in [0.5, 0.6) is 5.75 Å². The number of anilines is 1. The zero-order chi connectivity index (χ0) is 9.68. The number of rotatable bonds is 4. The van der Waals surface area contributed by atoms with E-state index in [1.165, 1.54) is 0 Å². The Morgan fingerprint density at radius 3 is 2.69 bits per heavy atom. The molecule has 0 aromatic carbocycles. The molecular weight excluding hydrogens is 234 g/mol. The fourth-order valence-corrected chi connectivity index (χ4v) is 0.828. The van der Waals surface area contributed by atoms with Crippen LogP contribution in [0.3, 0.4) is 0 Å². The Morgan fingerprint density at radius 2 is 2.23 bits per heavy atom. The fourth-order valence-electron chi connectivity index (χ4n) is 0.688. The number of methoxy groups -OCH3 is 1. The van der Waals surface area contributed by atoms with Gasteiger partial charge in [0.05, 0.1) is 19.5 Å². The molecular formula is C8H10BrN3O. The topological polar surface area (TPSA) is 47.0 Å². The van der Waals surface area contributed by atoms with Crippen LogP contribution in [0.25, 0.3) is 0 Å². The van der Waals surface area contributed by atoms with Gasteiger partial charge in [-0.2, -0.15) is 0 Å². The number of ether oxygens (including phenoxy) is 1. The average Bonchev–Trinajstić information content (AvgIpc) is 2.15. The van der Waals surface area contributed by atoms with Gasteiger partial charge in [0.25, 0.3) is 0 Å². The molecule has 0 saturated carbocycles. The molecule has 1 rings (SSSR count). The molecule has 70 valence electrons. The highest BCUT2D eigenvalue weighted by molar-refractivity contribution is 9.11. The highest BCUT2D eigenvalue weighted by atomic mass is 79.9. The largest absolute Gasteiger partial charge is 0.494 e. The zero-order valence-corrected chi connectivity index (χ0v) is 8.84. The van der Waals surface area contributed by atoms with Gasteiger partial charge >= 0.3 is 0 Å². The molecule has 1 aromatic heterocycles. The quantitative estimate of drug-likeness (QED) is 0.877. The standard InChI is InChI=1S/C8H10BrN3O/c1-6(9)3-10-8-11-4-7(13-2)5-12-8/h4-5H,1,3H2,2H3,(H,10,11,12). The van der Waals surface area contributed by atoms with Crippen molar-refractivity contribution in [1.82, 2.24) is 9.97 Å². The Morgan fingerprint density at radius 1 is 1.62 bits per heavy atom. The lowest BCUT2D eigenvalue weighted by molar-refractivity contribution is 0.411. The molecule has 1 heterocycles. The summed E-state index contributed by atoms with van der Waals surface area (Å²) in [5, 5.41) is 2.97. The van der Waals surface area contributed by atoms with E-state index < -0.39 is 0 Å². The molecule has 0 atom stereocenters. The first kappa shape index (κ1) is 9.98. The van der Waals surface area contributed by atoms with E-state index in [-0.39, 0.29) is 0 Å². The summed E-state index contributed by atoms with van der Waals surface area (Å²) < 4.78 is 5.77. The molecule has 0 aliphatic heterocycles. The first-order valence-electron chi connectivity index (χ1n) is 3.65. The summed E-state index contributed by atoms with van der Waals surface area (Å²) in [4.78, 5) is 8.02. The van der Waals surface area contributed by atoms with E-state index in [1.807, 2.05) is 0 Å². The highest BCUT2D eigenvalue weighted by Gasteiger charge is 1.96. The molecule has 0 aliphatic carbocycles. The van der Waals surface area contributed by atoms with Crippen molar-refractivity contribution in [3.05, 3.63) is 23.5 Å². The first-order valence-corrected chi connectivity index (χ1v) is 4.45. The number of halogens is 1. The molecule has 0 fully saturated rings. The van der Waals surface area contributed by atoms with Crippen molar-refractivity contribution in [1.29, 1.82) is 0 Å². The summed E-state index contributed by atoms with van der Waals surface area (Å²) in [6.07, 6.45) is 3.21. The molecule has 0 spiro atoms. The second kappa shape index (κ2) is 4.81. The molecule has 13 heavy (non-hydrogen) atoms. The van der Waals surface area contributed by atoms with E-state index in [0.717, 1.165) is 4.48 Å². The van der Waals surface area contributed by atoms with Gasteiger partial charge in [0, 0.05) is 11.0 Å². The van der Waals surface area contributed by atoms with Crippen LogP contribution in [0.2, 0.25) is 0 Å². The van der Waals surface area contributed by atoms with Gasteiger partial charge in [0.2, 0.25) is 5.95 Å². The molecule has 0 saturated heterocycles. The van der Waals surface area contributed by atoms with Crippen LogP contribution < -0.4 is 10.1 Å². The van der Waals surface area contributed by atoms with Gasteiger partial charge in [-0.25, -0.2) is 9.97 Å². The maximum Gasteiger partial charge on any atom is 0.223 e. The van der Waals surface area contributed by atoms with Crippen molar-refractivity contribution >= 4 is 21.9 Å². The Balaban J connectivity index is 2.54. The van der Waals surface area contributed by atoms with Crippen LogP contribution in [-0.2, 0) is 0 Å². The van der Waals surface area contributed by atoms with Crippen molar-refractivity contribution in [3.63, 3.8) is 0 Å². The predicted molar refractivity (Wildman–Crippen MR) is 55.1 cm³/mol. The second-order valence-electron chi connectivity index (χ2n) is 2.32. The summed E-state index contributed by atoms with van der Waals surface area (Å²) >= 11 is 3.22. The van der Waals surface area contributed by atoms with E-state index in [2.05, 4.69) is 37.8 Å². The number of nitrogens with zero attached hydrogens (tertiary/aromatic N) is 2. The van der Waals surface area contributed by atoms with Crippen LogP contribution in [0.4, 0.5) is 5.95 Å². The lowest BCUT2D eigenvalue weighted by Gasteiger charge is -2.03. The van der Waals surface area contributed by atoms with Crippen molar-refractivity contribution in [2.75, 3.05) is 19.0 Å². The molecule has 5 heteroatoms.